The van der Waals surface area contributed by atoms with Crippen molar-refractivity contribution >= 4 is 5.78 Å². The number of aliphatic hydroxyl groups is 1. The van der Waals surface area contributed by atoms with Crippen molar-refractivity contribution in [1.29, 1.82) is 0 Å². The van der Waals surface area contributed by atoms with Gasteiger partial charge in [0.15, 0.2) is 0 Å². The van der Waals surface area contributed by atoms with Crippen molar-refractivity contribution in [3.05, 3.63) is 12.7 Å². The number of aliphatic hydroxyl groups excluding tert-OH is 1. The van der Waals surface area contributed by atoms with E-state index in [2.05, 4.69) is 6.58 Å². The minimum atomic E-state index is -0.923. The molecule has 13 heavy (non-hydrogen) atoms. The van der Waals surface area contributed by atoms with E-state index >= 15 is 0 Å². The molecule has 0 aliphatic rings. The maximum atomic E-state index is 10.9. The normalized spacial score (nSPS) is 16.6. The smallest absolute Gasteiger partial charge is 0.251 e. The Hall–Kier alpha value is -0.380. The van der Waals surface area contributed by atoms with Gasteiger partial charge in [-0.05, 0) is 13.0 Å². The number of rotatable bonds is 5. The van der Waals surface area contributed by atoms with Gasteiger partial charge in [0.05, 0.1) is 20.1 Å². The molecule has 2 atom stereocenters. The molecule has 0 aliphatic carbocycles. The minimum Gasteiger partial charge on any atom is -1.00 e. The van der Waals surface area contributed by atoms with Crippen molar-refractivity contribution in [3.8, 4) is 0 Å². The van der Waals surface area contributed by atoms with Crippen LogP contribution in [0.15, 0.2) is 12.7 Å². The fourth-order valence-electron chi connectivity index (χ4n) is 1.14. The highest BCUT2D eigenvalue weighted by molar-refractivity contribution is 5.78. The van der Waals surface area contributed by atoms with Crippen molar-refractivity contribution in [2.75, 3.05) is 20.1 Å². The van der Waals surface area contributed by atoms with Crippen molar-refractivity contribution in [3.63, 3.8) is 0 Å². The predicted molar refractivity (Wildman–Crippen MR) is 48.5 cm³/mol. The largest absolute Gasteiger partial charge is 1.00 e. The van der Waals surface area contributed by atoms with E-state index in [-0.39, 0.29) is 18.2 Å². The summed E-state index contributed by atoms with van der Waals surface area (Å²) in [7, 11) is 1.84. The van der Waals surface area contributed by atoms with Gasteiger partial charge in [0.1, 0.15) is 0 Å². The third-order valence-corrected chi connectivity index (χ3v) is 2.22. The van der Waals surface area contributed by atoms with Gasteiger partial charge in [-0.25, -0.2) is 0 Å². The second-order valence-electron chi connectivity index (χ2n) is 3.25. The zero-order valence-corrected chi connectivity index (χ0v) is 9.21. The maximum Gasteiger partial charge on any atom is 0.251 e. The van der Waals surface area contributed by atoms with Crippen LogP contribution in [0.5, 0.6) is 0 Å². The number of Topliss-reactive ketones (excluding diaryl/α,β-unsaturated/α-hetero) is 1. The number of hydrogen-bond donors (Lipinski definition) is 1. The number of carbonyl (C=O) groups excluding carboxylic acids is 1. The lowest BCUT2D eigenvalue weighted by atomic mass is 10.2. The number of halogens is 1. The molecule has 0 aromatic rings. The first-order chi connectivity index (χ1) is 5.48. The second kappa shape index (κ2) is 6.13. The minimum absolute atomic E-state index is 0. The summed E-state index contributed by atoms with van der Waals surface area (Å²) < 4.78 is 0.318. The van der Waals surface area contributed by atoms with Gasteiger partial charge in [-0.3, -0.25) is 9.28 Å². The fourth-order valence-corrected chi connectivity index (χ4v) is 1.14. The van der Waals surface area contributed by atoms with Crippen molar-refractivity contribution < 1.29 is 26.8 Å². The Bertz CT molecular complexity index is 184. The first-order valence-electron chi connectivity index (χ1n) is 4.11. The molecule has 0 rings (SSSR count). The van der Waals surface area contributed by atoms with Gasteiger partial charge < -0.3 is 17.5 Å². The van der Waals surface area contributed by atoms with Gasteiger partial charge in [-0.1, -0.05) is 6.58 Å². The average molecular weight is 208 g/mol. The van der Waals surface area contributed by atoms with Crippen LogP contribution in [0.3, 0.4) is 0 Å². The number of nitrogens with zero attached hydrogens (tertiary/aromatic N) is 1. The molecule has 0 fully saturated rings. The summed E-state index contributed by atoms with van der Waals surface area (Å²) in [4.78, 5) is 10.9. The molecule has 1 N–H and O–H groups in total. The quantitative estimate of drug-likeness (QED) is 0.309. The molecule has 0 bridgehead atoms. The zero-order valence-electron chi connectivity index (χ0n) is 8.46. The molecule has 0 aromatic heterocycles. The number of hydrogen-bond acceptors (Lipinski definition) is 2. The van der Waals surface area contributed by atoms with Crippen LogP contribution in [0.2, 0.25) is 0 Å². The van der Waals surface area contributed by atoms with Crippen LogP contribution in [-0.4, -0.2) is 41.7 Å². The molecule has 0 aliphatic heterocycles. The summed E-state index contributed by atoms with van der Waals surface area (Å²) in [6, 6.07) is 0. The Kier molecular flexibility index (Phi) is 7.13. The summed E-state index contributed by atoms with van der Waals surface area (Å²) in [5.74, 6) is -0.193. The lowest BCUT2D eigenvalue weighted by Crippen LogP contribution is -3.00. The third-order valence-electron chi connectivity index (χ3n) is 2.22. The average Bonchev–Trinajstić information content (AvgIpc) is 2.03. The highest BCUT2D eigenvalue weighted by Crippen LogP contribution is 2.08. The molecule has 0 aromatic carbocycles. The first-order valence-corrected chi connectivity index (χ1v) is 4.11. The van der Waals surface area contributed by atoms with Gasteiger partial charge in [0, 0.05) is 6.92 Å². The van der Waals surface area contributed by atoms with Gasteiger partial charge in [0.25, 0.3) is 6.23 Å². The summed E-state index contributed by atoms with van der Waals surface area (Å²) in [6.07, 6.45) is 0.795. The second-order valence-corrected chi connectivity index (χ2v) is 3.25. The van der Waals surface area contributed by atoms with E-state index in [1.165, 1.54) is 6.92 Å². The van der Waals surface area contributed by atoms with Crippen LogP contribution in [0.25, 0.3) is 0 Å². The standard InChI is InChI=1S/C9H18NO2.ClH/c1-5-7-10(4,6-2)9(12)8(3)11;/h5,9,12H,1,6-7H2,2-4H3;1H/q+1;/p-1. The van der Waals surface area contributed by atoms with Crippen LogP contribution in [0, 0.1) is 0 Å². The number of ketones is 1. The van der Waals surface area contributed by atoms with Crippen molar-refractivity contribution in [2.45, 2.75) is 20.1 Å². The van der Waals surface area contributed by atoms with Gasteiger partial charge in [0.2, 0.25) is 5.78 Å². The molecule has 0 amide bonds. The first kappa shape index (κ1) is 15.1. The van der Waals surface area contributed by atoms with E-state index in [0.29, 0.717) is 17.6 Å². The Balaban J connectivity index is 0. The molecule has 4 heteroatoms. The predicted octanol–water partition coefficient (Wildman–Crippen LogP) is -2.45. The molecule has 0 saturated carbocycles. The molecule has 3 nitrogen and oxygen atoms in total. The Labute approximate surface area is 86.0 Å². The van der Waals surface area contributed by atoms with Crippen LogP contribution >= 0.6 is 0 Å². The van der Waals surface area contributed by atoms with E-state index in [4.69, 9.17) is 0 Å². The summed E-state index contributed by atoms with van der Waals surface area (Å²) in [5, 5.41) is 9.55. The Morgan fingerprint density at radius 2 is 2.15 bits per heavy atom. The van der Waals surface area contributed by atoms with Crippen LogP contribution in [0.4, 0.5) is 0 Å². The monoisotopic (exact) mass is 207 g/mol. The topological polar surface area (TPSA) is 37.3 Å². The van der Waals surface area contributed by atoms with Gasteiger partial charge >= 0.3 is 0 Å². The molecule has 0 radical (unpaired) electrons. The Morgan fingerprint density at radius 1 is 1.69 bits per heavy atom. The van der Waals surface area contributed by atoms with Crippen LogP contribution < -0.4 is 12.4 Å². The number of quaternary nitrogens is 1. The van der Waals surface area contributed by atoms with Crippen molar-refractivity contribution in [2.24, 2.45) is 0 Å². The van der Waals surface area contributed by atoms with Gasteiger partial charge in [-0.15, -0.1) is 0 Å². The van der Waals surface area contributed by atoms with Crippen LogP contribution in [0.1, 0.15) is 13.8 Å². The van der Waals surface area contributed by atoms with E-state index in [9.17, 15) is 9.90 Å². The molecule has 0 spiro atoms. The SMILES string of the molecule is C=CC[N+](C)(CC)C(O)C(C)=O.[Cl-]. The van der Waals surface area contributed by atoms with Gasteiger partial charge in [-0.2, -0.15) is 0 Å². The maximum absolute atomic E-state index is 10.9. The summed E-state index contributed by atoms with van der Waals surface area (Å²) in [6.45, 7) is 8.26. The van der Waals surface area contributed by atoms with Crippen LogP contribution in [-0.2, 0) is 4.79 Å². The summed E-state index contributed by atoms with van der Waals surface area (Å²) in [5.41, 5.74) is 0. The van der Waals surface area contributed by atoms with E-state index in [0.717, 1.165) is 0 Å². The number of likely N-dealkylation sites (N-methyl/N-ethyl adjacent to an activating group) is 1. The summed E-state index contributed by atoms with van der Waals surface area (Å²) >= 11 is 0. The number of carbonyl (C=O) groups is 1. The third kappa shape index (κ3) is 3.89. The molecular weight excluding hydrogens is 190 g/mol. The molecule has 2 unspecified atom stereocenters. The Morgan fingerprint density at radius 3 is 2.38 bits per heavy atom. The molecule has 78 valence electrons. The van der Waals surface area contributed by atoms with E-state index < -0.39 is 6.23 Å². The zero-order chi connectivity index (χ0) is 9.78. The highest BCUT2D eigenvalue weighted by Gasteiger charge is 2.31. The van der Waals surface area contributed by atoms with E-state index in [1.54, 1.807) is 6.08 Å². The van der Waals surface area contributed by atoms with E-state index in [1.807, 2.05) is 14.0 Å². The molecule has 0 saturated heterocycles. The fraction of sp³-hybridized carbons (Fsp3) is 0.667. The molecular formula is C9H18ClNO2. The van der Waals surface area contributed by atoms with Crippen molar-refractivity contribution in [1.82, 2.24) is 0 Å². The molecule has 0 heterocycles. The highest BCUT2D eigenvalue weighted by atomic mass is 35.5. The lowest BCUT2D eigenvalue weighted by molar-refractivity contribution is -0.937. The lowest BCUT2D eigenvalue weighted by Gasteiger charge is -2.35.